The number of benzene rings is 2. The van der Waals surface area contributed by atoms with Gasteiger partial charge in [0.05, 0.1) is 6.54 Å². The molecule has 1 amide bonds. The van der Waals surface area contributed by atoms with Gasteiger partial charge in [-0.05, 0) is 41.7 Å². The number of rotatable bonds is 8. The molecule has 5 nitrogen and oxygen atoms in total. The fourth-order valence-corrected chi connectivity index (χ4v) is 3.03. The number of aryl methyl sites for hydroxylation is 1. The first-order valence-electron chi connectivity index (χ1n) is 9.50. The smallest absolute Gasteiger partial charge is 0.220 e. The minimum atomic E-state index is 0.0191. The van der Waals surface area contributed by atoms with Crippen LogP contribution in [0.1, 0.15) is 37.3 Å². The van der Waals surface area contributed by atoms with E-state index in [-0.39, 0.29) is 5.91 Å². The summed E-state index contributed by atoms with van der Waals surface area (Å²) in [6, 6.07) is 13.9. The van der Waals surface area contributed by atoms with Crippen LogP contribution in [-0.2, 0) is 11.2 Å². The molecule has 0 saturated carbocycles. The summed E-state index contributed by atoms with van der Waals surface area (Å²) in [6.45, 7) is 6.38. The Hall–Kier alpha value is -2.69. The molecular weight excluding hydrogens is 342 g/mol. The largest absolute Gasteiger partial charge is 0.491 e. The first-order valence-corrected chi connectivity index (χ1v) is 9.50. The molecule has 1 aliphatic rings. The lowest BCUT2D eigenvalue weighted by molar-refractivity contribution is -0.121. The van der Waals surface area contributed by atoms with E-state index in [0.29, 0.717) is 45.1 Å². The molecule has 2 aromatic carbocycles. The summed E-state index contributed by atoms with van der Waals surface area (Å²) in [5.41, 5.74) is 2.25. The maximum Gasteiger partial charge on any atom is 0.220 e. The van der Waals surface area contributed by atoms with Gasteiger partial charge in [-0.15, -0.1) is 0 Å². The molecule has 1 aliphatic heterocycles. The predicted octanol–water partition coefficient (Wildman–Crippen LogP) is 3.71. The topological polar surface area (TPSA) is 56.8 Å². The van der Waals surface area contributed by atoms with E-state index in [9.17, 15) is 4.79 Å². The van der Waals surface area contributed by atoms with Crippen molar-refractivity contribution < 1.29 is 19.0 Å². The summed E-state index contributed by atoms with van der Waals surface area (Å²) in [5, 5.41) is 2.91. The molecule has 0 fully saturated rings. The minimum absolute atomic E-state index is 0.0191. The molecule has 0 unspecified atom stereocenters. The Balaban J connectivity index is 1.39. The highest BCUT2D eigenvalue weighted by atomic mass is 16.6. The van der Waals surface area contributed by atoms with Gasteiger partial charge in [0.15, 0.2) is 11.5 Å². The van der Waals surface area contributed by atoms with Crippen LogP contribution in [0.15, 0.2) is 42.5 Å². The van der Waals surface area contributed by atoms with Crippen LogP contribution in [0.3, 0.4) is 0 Å². The van der Waals surface area contributed by atoms with Gasteiger partial charge >= 0.3 is 0 Å². The Morgan fingerprint density at radius 3 is 2.70 bits per heavy atom. The second kappa shape index (κ2) is 9.31. The summed E-state index contributed by atoms with van der Waals surface area (Å²) in [4.78, 5) is 12.1. The zero-order valence-electron chi connectivity index (χ0n) is 16.0. The van der Waals surface area contributed by atoms with Crippen LogP contribution in [0, 0.1) is 0 Å². The highest BCUT2D eigenvalue weighted by Crippen LogP contribution is 2.31. The Morgan fingerprint density at radius 2 is 1.89 bits per heavy atom. The van der Waals surface area contributed by atoms with E-state index in [4.69, 9.17) is 14.2 Å². The van der Waals surface area contributed by atoms with Gasteiger partial charge in [0, 0.05) is 6.42 Å². The molecule has 3 rings (SSSR count). The lowest BCUT2D eigenvalue weighted by Crippen LogP contribution is -2.28. The molecule has 0 saturated heterocycles. The Bertz CT molecular complexity index is 773. The van der Waals surface area contributed by atoms with Gasteiger partial charge in [-0.3, -0.25) is 4.79 Å². The van der Waals surface area contributed by atoms with Gasteiger partial charge in [-0.25, -0.2) is 0 Å². The van der Waals surface area contributed by atoms with Crippen molar-refractivity contribution in [2.75, 3.05) is 26.4 Å². The average molecular weight is 369 g/mol. The van der Waals surface area contributed by atoms with Crippen LogP contribution in [-0.4, -0.2) is 32.3 Å². The first kappa shape index (κ1) is 19.1. The van der Waals surface area contributed by atoms with E-state index in [1.807, 2.05) is 36.4 Å². The fraction of sp³-hybridized carbons (Fsp3) is 0.409. The third-order valence-electron chi connectivity index (χ3n) is 4.47. The fourth-order valence-electron chi connectivity index (χ4n) is 3.03. The number of hydrogen-bond donors (Lipinski definition) is 1. The quantitative estimate of drug-likeness (QED) is 0.721. The van der Waals surface area contributed by atoms with E-state index >= 15 is 0 Å². The Kier molecular flexibility index (Phi) is 6.58. The van der Waals surface area contributed by atoms with Crippen LogP contribution in [0.4, 0.5) is 0 Å². The molecule has 144 valence electrons. The van der Waals surface area contributed by atoms with E-state index in [1.165, 1.54) is 5.56 Å². The van der Waals surface area contributed by atoms with Crippen LogP contribution >= 0.6 is 0 Å². The first-order chi connectivity index (χ1) is 13.1. The molecule has 0 bridgehead atoms. The second-order valence-corrected chi connectivity index (χ2v) is 6.87. The summed E-state index contributed by atoms with van der Waals surface area (Å²) in [5.74, 6) is 2.84. The van der Waals surface area contributed by atoms with Gasteiger partial charge in [-0.1, -0.05) is 38.1 Å². The number of carbonyl (C=O) groups is 1. The summed E-state index contributed by atoms with van der Waals surface area (Å²) >= 11 is 0. The SMILES string of the molecule is CC(C)c1ccccc1OCCNC(=O)CCc1ccc2c(c1)OCCO2. The van der Waals surface area contributed by atoms with Crippen LogP contribution < -0.4 is 19.5 Å². The minimum Gasteiger partial charge on any atom is -0.491 e. The third kappa shape index (κ3) is 5.39. The molecule has 0 atom stereocenters. The van der Waals surface area contributed by atoms with E-state index in [0.717, 1.165) is 22.8 Å². The van der Waals surface area contributed by atoms with Gasteiger partial charge in [-0.2, -0.15) is 0 Å². The van der Waals surface area contributed by atoms with Crippen LogP contribution in [0.2, 0.25) is 0 Å². The number of nitrogens with one attached hydrogen (secondary N) is 1. The Labute approximate surface area is 160 Å². The maximum atomic E-state index is 12.1. The number of fused-ring (bicyclic) bond motifs is 1. The number of para-hydroxylation sites is 1. The van der Waals surface area contributed by atoms with Crippen molar-refractivity contribution in [2.24, 2.45) is 0 Å². The van der Waals surface area contributed by atoms with Crippen molar-refractivity contribution in [3.05, 3.63) is 53.6 Å². The van der Waals surface area contributed by atoms with E-state index in [2.05, 4.69) is 25.2 Å². The van der Waals surface area contributed by atoms with E-state index < -0.39 is 0 Å². The molecule has 0 aliphatic carbocycles. The third-order valence-corrected chi connectivity index (χ3v) is 4.47. The monoisotopic (exact) mass is 369 g/mol. The molecule has 0 aromatic heterocycles. The van der Waals surface area contributed by atoms with Crippen molar-refractivity contribution in [3.63, 3.8) is 0 Å². The Morgan fingerprint density at radius 1 is 1.11 bits per heavy atom. The normalized spacial score (nSPS) is 12.7. The standard InChI is InChI=1S/C22H27NO4/c1-16(2)18-5-3-4-6-19(18)25-12-11-23-22(24)10-8-17-7-9-20-21(15-17)27-14-13-26-20/h3-7,9,15-16H,8,10-14H2,1-2H3,(H,23,24). The predicted molar refractivity (Wildman–Crippen MR) is 105 cm³/mol. The van der Waals surface area contributed by atoms with E-state index in [1.54, 1.807) is 0 Å². The number of hydrogen-bond acceptors (Lipinski definition) is 4. The van der Waals surface area contributed by atoms with Crippen LogP contribution in [0.5, 0.6) is 17.2 Å². The summed E-state index contributed by atoms with van der Waals surface area (Å²) < 4.78 is 16.9. The zero-order chi connectivity index (χ0) is 19.1. The molecule has 0 spiro atoms. The van der Waals surface area contributed by atoms with Crippen molar-refractivity contribution >= 4 is 5.91 Å². The molecule has 5 heteroatoms. The van der Waals surface area contributed by atoms with Gasteiger partial charge in [0.25, 0.3) is 0 Å². The number of ether oxygens (including phenoxy) is 3. The lowest BCUT2D eigenvalue weighted by Gasteiger charge is -2.18. The molecule has 27 heavy (non-hydrogen) atoms. The van der Waals surface area contributed by atoms with Gasteiger partial charge in [0.2, 0.25) is 5.91 Å². The summed E-state index contributed by atoms with van der Waals surface area (Å²) in [6.07, 6.45) is 1.10. The van der Waals surface area contributed by atoms with Crippen LogP contribution in [0.25, 0.3) is 0 Å². The maximum absolute atomic E-state index is 12.1. The van der Waals surface area contributed by atoms with Crippen molar-refractivity contribution in [3.8, 4) is 17.2 Å². The molecule has 1 N–H and O–H groups in total. The van der Waals surface area contributed by atoms with Crippen molar-refractivity contribution in [2.45, 2.75) is 32.6 Å². The number of amides is 1. The van der Waals surface area contributed by atoms with Crippen molar-refractivity contribution in [1.29, 1.82) is 0 Å². The molecular formula is C22H27NO4. The van der Waals surface area contributed by atoms with Gasteiger partial charge < -0.3 is 19.5 Å². The average Bonchev–Trinajstić information content (AvgIpc) is 2.69. The molecule has 0 radical (unpaired) electrons. The van der Waals surface area contributed by atoms with Crippen molar-refractivity contribution in [1.82, 2.24) is 5.32 Å². The highest BCUT2D eigenvalue weighted by Gasteiger charge is 2.12. The number of carbonyl (C=O) groups excluding carboxylic acids is 1. The lowest BCUT2D eigenvalue weighted by atomic mass is 10.0. The van der Waals surface area contributed by atoms with Gasteiger partial charge in [0.1, 0.15) is 25.6 Å². The second-order valence-electron chi connectivity index (χ2n) is 6.87. The summed E-state index contributed by atoms with van der Waals surface area (Å²) in [7, 11) is 0. The highest BCUT2D eigenvalue weighted by molar-refractivity contribution is 5.76. The molecule has 1 heterocycles. The zero-order valence-corrected chi connectivity index (χ0v) is 16.0. The molecule has 2 aromatic rings.